The van der Waals surface area contributed by atoms with Gasteiger partial charge in [0.15, 0.2) is 0 Å². The van der Waals surface area contributed by atoms with Gasteiger partial charge in [-0.25, -0.2) is 0 Å². The average molecular weight is 549 g/mol. The second-order valence-electron chi connectivity index (χ2n) is 14.4. The lowest BCUT2D eigenvalue weighted by Gasteiger charge is -2.41. The van der Waals surface area contributed by atoms with E-state index >= 15 is 0 Å². The van der Waals surface area contributed by atoms with E-state index in [9.17, 15) is 0 Å². The van der Waals surface area contributed by atoms with Gasteiger partial charge in [0.2, 0.25) is 0 Å². The normalized spacial score (nSPS) is 18.1. The van der Waals surface area contributed by atoms with Crippen molar-refractivity contribution < 1.29 is 4.74 Å². The van der Waals surface area contributed by atoms with E-state index in [1.165, 1.54) is 97.8 Å². The van der Waals surface area contributed by atoms with Gasteiger partial charge in [0.25, 0.3) is 0 Å². The molecule has 4 rings (SSSR count). The fraction of sp³-hybridized carbons (Fsp3) is 0.676. The monoisotopic (exact) mass is 548 g/mol. The van der Waals surface area contributed by atoms with Crippen LogP contribution in [0.5, 0.6) is 5.75 Å². The van der Waals surface area contributed by atoms with Crippen LogP contribution in [0.4, 0.5) is 0 Å². The molecule has 2 aliphatic carbocycles. The zero-order valence-corrected chi connectivity index (χ0v) is 27.6. The van der Waals surface area contributed by atoms with E-state index in [2.05, 4.69) is 92.6 Å². The summed E-state index contributed by atoms with van der Waals surface area (Å²) in [7, 11) is -0.319. The summed E-state index contributed by atoms with van der Waals surface area (Å²) in [4.78, 5) is 0. The molecular formula is C37H57OP. The zero-order chi connectivity index (χ0) is 28.3. The molecule has 0 heterocycles. The largest absolute Gasteiger partial charge is 0.487 e. The van der Waals surface area contributed by atoms with Crippen molar-refractivity contribution in [2.75, 3.05) is 0 Å². The van der Waals surface area contributed by atoms with Gasteiger partial charge in [-0.3, -0.25) is 0 Å². The van der Waals surface area contributed by atoms with Crippen LogP contribution >= 0.6 is 7.92 Å². The minimum Gasteiger partial charge on any atom is -0.487 e. The average Bonchev–Trinajstić information content (AvgIpc) is 2.89. The Morgan fingerprint density at radius 2 is 1.18 bits per heavy atom. The molecule has 0 aromatic heterocycles. The molecule has 0 amide bonds. The first-order valence-corrected chi connectivity index (χ1v) is 17.7. The summed E-state index contributed by atoms with van der Waals surface area (Å²) in [5.74, 6) is 2.67. The van der Waals surface area contributed by atoms with Crippen molar-refractivity contribution in [1.29, 1.82) is 0 Å². The van der Waals surface area contributed by atoms with E-state index in [4.69, 9.17) is 4.74 Å². The summed E-state index contributed by atoms with van der Waals surface area (Å²) >= 11 is 0. The molecular weight excluding hydrogens is 491 g/mol. The molecule has 0 saturated heterocycles. The predicted octanol–water partition coefficient (Wildman–Crippen LogP) is 11.7. The van der Waals surface area contributed by atoms with E-state index in [0.717, 1.165) is 11.3 Å². The van der Waals surface area contributed by atoms with E-state index < -0.39 is 0 Å². The first-order chi connectivity index (χ1) is 18.5. The minimum absolute atomic E-state index is 0.212. The Labute approximate surface area is 242 Å². The molecule has 0 radical (unpaired) electrons. The lowest BCUT2D eigenvalue weighted by molar-refractivity contribution is 0.132. The maximum Gasteiger partial charge on any atom is 0.128 e. The van der Waals surface area contributed by atoms with Crippen molar-refractivity contribution in [3.63, 3.8) is 0 Å². The number of benzene rings is 2. The molecule has 216 valence electrons. The maximum atomic E-state index is 6.94. The summed E-state index contributed by atoms with van der Waals surface area (Å²) in [5, 5.41) is 1.61. The van der Waals surface area contributed by atoms with Crippen molar-refractivity contribution in [1.82, 2.24) is 0 Å². The molecule has 0 spiro atoms. The van der Waals surface area contributed by atoms with Crippen LogP contribution in [0.3, 0.4) is 0 Å². The molecule has 2 fully saturated rings. The van der Waals surface area contributed by atoms with Crippen LogP contribution in [0.25, 0.3) is 11.1 Å². The molecule has 2 aromatic rings. The standard InChI is InChI=1S/C37H57OP/c1-25(2)28-23-32(26(3)4)35(33(24-28)27(5)6)31-21-16-22-34(38-37(7,8)9)36(31)39(29-17-12-10-13-18-29)30-19-14-11-15-20-30/h16,21-27,29-30H,10-15,17-20H2,1-9H3. The molecule has 0 atom stereocenters. The van der Waals surface area contributed by atoms with E-state index in [1.54, 1.807) is 5.30 Å². The SMILES string of the molecule is CC(C)c1cc(C(C)C)c(-c2cccc(OC(C)(C)C)c2P(C2CCCCC2)C2CCCCC2)c(C(C)C)c1. The third-order valence-corrected chi connectivity index (χ3v) is 12.6. The second kappa shape index (κ2) is 13.1. The van der Waals surface area contributed by atoms with Gasteiger partial charge in [0.05, 0.1) is 0 Å². The number of hydrogen-bond donors (Lipinski definition) is 0. The van der Waals surface area contributed by atoms with Gasteiger partial charge >= 0.3 is 0 Å². The maximum absolute atomic E-state index is 6.94. The van der Waals surface area contributed by atoms with Crippen LogP contribution in [0.2, 0.25) is 0 Å². The Bertz CT molecular complexity index is 1030. The lowest BCUT2D eigenvalue weighted by Crippen LogP contribution is -2.31. The Hall–Kier alpha value is -1.33. The minimum atomic E-state index is -0.319. The van der Waals surface area contributed by atoms with Crippen molar-refractivity contribution in [3.8, 4) is 16.9 Å². The molecule has 1 nitrogen and oxygen atoms in total. The summed E-state index contributed by atoms with van der Waals surface area (Å²) in [6.07, 6.45) is 14.1. The van der Waals surface area contributed by atoms with E-state index in [0.29, 0.717) is 17.8 Å². The zero-order valence-electron chi connectivity index (χ0n) is 26.7. The molecule has 2 heteroatoms. The van der Waals surface area contributed by atoms with Gasteiger partial charge < -0.3 is 4.74 Å². The highest BCUT2D eigenvalue weighted by Gasteiger charge is 2.37. The molecule has 2 saturated carbocycles. The molecule has 0 unspecified atom stereocenters. The fourth-order valence-corrected chi connectivity index (χ4v) is 11.1. The Morgan fingerprint density at radius 3 is 1.59 bits per heavy atom. The predicted molar refractivity (Wildman–Crippen MR) is 175 cm³/mol. The van der Waals surface area contributed by atoms with E-state index in [-0.39, 0.29) is 13.5 Å². The first-order valence-electron chi connectivity index (χ1n) is 16.3. The third kappa shape index (κ3) is 7.31. The Balaban J connectivity index is 2.04. The lowest BCUT2D eigenvalue weighted by atomic mass is 9.81. The Kier molecular flexibility index (Phi) is 10.3. The fourth-order valence-electron chi connectivity index (χ4n) is 7.05. The smallest absolute Gasteiger partial charge is 0.128 e. The van der Waals surface area contributed by atoms with Crippen LogP contribution in [0.1, 0.15) is 161 Å². The van der Waals surface area contributed by atoms with Gasteiger partial charge in [-0.15, -0.1) is 0 Å². The van der Waals surface area contributed by atoms with Crippen LogP contribution in [-0.2, 0) is 0 Å². The number of rotatable bonds is 8. The summed E-state index contributed by atoms with van der Waals surface area (Å²) in [5.41, 5.74) is 9.02. The molecule has 0 N–H and O–H groups in total. The number of ether oxygens (including phenoxy) is 1. The molecule has 39 heavy (non-hydrogen) atoms. The Morgan fingerprint density at radius 1 is 0.692 bits per heavy atom. The molecule has 2 aliphatic rings. The highest BCUT2D eigenvalue weighted by Crippen LogP contribution is 2.58. The van der Waals surface area contributed by atoms with Crippen LogP contribution in [0, 0.1) is 0 Å². The van der Waals surface area contributed by atoms with Gasteiger partial charge in [-0.1, -0.05) is 112 Å². The molecule has 0 aliphatic heterocycles. The number of hydrogen-bond acceptors (Lipinski definition) is 1. The van der Waals surface area contributed by atoms with Crippen molar-refractivity contribution in [3.05, 3.63) is 47.0 Å². The summed E-state index contributed by atoms with van der Waals surface area (Å²) in [6, 6.07) is 12.2. The highest BCUT2D eigenvalue weighted by atomic mass is 31.1. The van der Waals surface area contributed by atoms with E-state index in [1.807, 2.05) is 0 Å². The van der Waals surface area contributed by atoms with Crippen molar-refractivity contribution >= 4 is 13.2 Å². The van der Waals surface area contributed by atoms with Gasteiger partial charge in [-0.05, 0) is 109 Å². The second-order valence-corrected chi connectivity index (χ2v) is 17.1. The van der Waals surface area contributed by atoms with Gasteiger partial charge in [0.1, 0.15) is 11.4 Å². The van der Waals surface area contributed by atoms with Crippen molar-refractivity contribution in [2.24, 2.45) is 0 Å². The molecule has 2 aromatic carbocycles. The topological polar surface area (TPSA) is 9.23 Å². The molecule has 0 bridgehead atoms. The third-order valence-electron chi connectivity index (χ3n) is 9.01. The van der Waals surface area contributed by atoms with Crippen molar-refractivity contribution in [2.45, 2.75) is 161 Å². The summed E-state index contributed by atoms with van der Waals surface area (Å²) in [6.45, 7) is 21.0. The quantitative estimate of drug-likeness (QED) is 0.298. The van der Waals surface area contributed by atoms with Crippen LogP contribution in [-0.4, -0.2) is 16.9 Å². The van der Waals surface area contributed by atoms with Gasteiger partial charge in [0, 0.05) is 5.30 Å². The van der Waals surface area contributed by atoms with Crippen LogP contribution in [0.15, 0.2) is 30.3 Å². The highest BCUT2D eigenvalue weighted by molar-refractivity contribution is 7.67. The van der Waals surface area contributed by atoms with Gasteiger partial charge in [-0.2, -0.15) is 0 Å². The first kappa shape index (κ1) is 30.6. The summed E-state index contributed by atoms with van der Waals surface area (Å²) < 4.78 is 6.94. The van der Waals surface area contributed by atoms with Crippen LogP contribution < -0.4 is 10.0 Å².